The Morgan fingerprint density at radius 2 is 1.95 bits per heavy atom. The summed E-state index contributed by atoms with van der Waals surface area (Å²) in [6.07, 6.45) is 9.80. The van der Waals surface area contributed by atoms with Crippen LogP contribution >= 0.6 is 0 Å². The lowest BCUT2D eigenvalue weighted by atomic mass is 10.1. The minimum Gasteiger partial charge on any atom is -0.369 e. The van der Waals surface area contributed by atoms with Gasteiger partial charge in [-0.1, -0.05) is 43.2 Å². The molecule has 0 radical (unpaired) electrons. The SMILES string of the molecule is CN(C)/C=N/c1c(Cc2ccccc2)ncn1C1CCCC1. The fourth-order valence-corrected chi connectivity index (χ4v) is 3.07. The number of rotatable bonds is 5. The summed E-state index contributed by atoms with van der Waals surface area (Å²) in [6.45, 7) is 0. The molecule has 1 aromatic heterocycles. The topological polar surface area (TPSA) is 33.4 Å². The Balaban J connectivity index is 1.91. The highest BCUT2D eigenvalue weighted by atomic mass is 15.2. The Bertz CT molecular complexity index is 622. The van der Waals surface area contributed by atoms with Gasteiger partial charge < -0.3 is 9.47 Å². The Morgan fingerprint density at radius 3 is 2.64 bits per heavy atom. The van der Waals surface area contributed by atoms with Crippen LogP contribution in [0.15, 0.2) is 41.7 Å². The fraction of sp³-hybridized carbons (Fsp3) is 0.444. The van der Waals surface area contributed by atoms with Gasteiger partial charge in [-0.15, -0.1) is 0 Å². The molecule has 1 aliphatic rings. The van der Waals surface area contributed by atoms with Gasteiger partial charge in [0.15, 0.2) is 5.82 Å². The average molecular weight is 296 g/mol. The number of imidazole rings is 1. The van der Waals surface area contributed by atoms with Gasteiger partial charge in [-0.3, -0.25) is 0 Å². The Morgan fingerprint density at radius 1 is 1.23 bits per heavy atom. The summed E-state index contributed by atoms with van der Waals surface area (Å²) >= 11 is 0. The Labute approximate surface area is 132 Å². The van der Waals surface area contributed by atoms with Crippen LogP contribution in [0.4, 0.5) is 5.82 Å². The standard InChI is InChI=1S/C18H24N4/c1-21(2)13-20-18-17(12-15-8-4-3-5-9-15)19-14-22(18)16-10-6-7-11-16/h3-5,8-9,13-14,16H,6-7,10-12H2,1-2H3/b20-13+. The molecule has 2 aromatic rings. The predicted octanol–water partition coefficient (Wildman–Crippen LogP) is 3.81. The van der Waals surface area contributed by atoms with Gasteiger partial charge in [0.25, 0.3) is 0 Å². The molecule has 0 unspecified atom stereocenters. The molecular formula is C18H24N4. The number of hydrogen-bond donors (Lipinski definition) is 0. The lowest BCUT2D eigenvalue weighted by Crippen LogP contribution is -2.09. The van der Waals surface area contributed by atoms with E-state index in [2.05, 4.69) is 33.8 Å². The molecule has 0 saturated heterocycles. The van der Waals surface area contributed by atoms with Crippen LogP contribution in [-0.4, -0.2) is 34.9 Å². The van der Waals surface area contributed by atoms with Gasteiger partial charge in [0.05, 0.1) is 18.4 Å². The summed E-state index contributed by atoms with van der Waals surface area (Å²) in [5.41, 5.74) is 2.34. The predicted molar refractivity (Wildman–Crippen MR) is 90.8 cm³/mol. The van der Waals surface area contributed by atoms with E-state index in [0.29, 0.717) is 6.04 Å². The summed E-state index contributed by atoms with van der Waals surface area (Å²) in [5, 5.41) is 0. The van der Waals surface area contributed by atoms with Gasteiger partial charge in [0, 0.05) is 26.6 Å². The highest BCUT2D eigenvalue weighted by Gasteiger charge is 2.21. The number of nitrogens with zero attached hydrogens (tertiary/aromatic N) is 4. The van der Waals surface area contributed by atoms with Crippen molar-refractivity contribution in [3.63, 3.8) is 0 Å². The molecule has 0 amide bonds. The average Bonchev–Trinajstić information content (AvgIpc) is 3.15. The maximum absolute atomic E-state index is 4.71. The first kappa shape index (κ1) is 14.8. The van der Waals surface area contributed by atoms with E-state index in [1.165, 1.54) is 31.2 Å². The smallest absolute Gasteiger partial charge is 0.157 e. The second-order valence-corrected chi connectivity index (χ2v) is 6.23. The minimum absolute atomic E-state index is 0.561. The van der Waals surface area contributed by atoms with Crippen molar-refractivity contribution >= 4 is 12.2 Å². The van der Waals surface area contributed by atoms with Gasteiger partial charge in [-0.05, 0) is 18.4 Å². The molecular weight excluding hydrogens is 272 g/mol. The van der Waals surface area contributed by atoms with Gasteiger partial charge in [-0.25, -0.2) is 9.98 Å². The molecule has 4 heteroatoms. The third kappa shape index (κ3) is 3.38. The maximum Gasteiger partial charge on any atom is 0.157 e. The maximum atomic E-state index is 4.71. The second kappa shape index (κ2) is 6.77. The van der Waals surface area contributed by atoms with Gasteiger partial charge >= 0.3 is 0 Å². The van der Waals surface area contributed by atoms with E-state index in [0.717, 1.165) is 17.9 Å². The zero-order valence-electron chi connectivity index (χ0n) is 13.4. The Hall–Kier alpha value is -2.10. The highest BCUT2D eigenvalue weighted by molar-refractivity contribution is 5.60. The lowest BCUT2D eigenvalue weighted by Gasteiger charge is -2.14. The molecule has 3 rings (SSSR count). The molecule has 1 aliphatic carbocycles. The number of aliphatic imine (C=N–C) groups is 1. The molecule has 4 nitrogen and oxygen atoms in total. The number of aromatic nitrogens is 2. The highest BCUT2D eigenvalue weighted by Crippen LogP contribution is 2.34. The molecule has 22 heavy (non-hydrogen) atoms. The van der Waals surface area contributed by atoms with Crippen molar-refractivity contribution in [3.05, 3.63) is 47.9 Å². The molecule has 0 spiro atoms. The molecule has 0 bridgehead atoms. The van der Waals surface area contributed by atoms with Gasteiger partial charge in [0.2, 0.25) is 0 Å². The van der Waals surface area contributed by atoms with Crippen molar-refractivity contribution in [2.75, 3.05) is 14.1 Å². The largest absolute Gasteiger partial charge is 0.369 e. The normalized spacial score (nSPS) is 15.7. The summed E-state index contributed by atoms with van der Waals surface area (Å²) in [6, 6.07) is 11.1. The van der Waals surface area contributed by atoms with Crippen molar-refractivity contribution in [3.8, 4) is 0 Å². The van der Waals surface area contributed by atoms with E-state index in [9.17, 15) is 0 Å². The molecule has 1 aromatic carbocycles. The molecule has 1 heterocycles. The zero-order valence-corrected chi connectivity index (χ0v) is 13.4. The molecule has 0 aliphatic heterocycles. The lowest BCUT2D eigenvalue weighted by molar-refractivity contribution is 0.521. The minimum atomic E-state index is 0.561. The summed E-state index contributed by atoms with van der Waals surface area (Å²) in [4.78, 5) is 11.3. The van der Waals surface area contributed by atoms with Gasteiger partial charge in [0.1, 0.15) is 0 Å². The van der Waals surface area contributed by atoms with Crippen molar-refractivity contribution in [1.29, 1.82) is 0 Å². The van der Waals surface area contributed by atoms with E-state index in [-0.39, 0.29) is 0 Å². The fourth-order valence-electron chi connectivity index (χ4n) is 3.07. The Kier molecular flexibility index (Phi) is 4.56. The van der Waals surface area contributed by atoms with E-state index in [1.54, 1.807) is 0 Å². The van der Waals surface area contributed by atoms with Crippen molar-refractivity contribution in [2.24, 2.45) is 4.99 Å². The first-order valence-electron chi connectivity index (χ1n) is 8.04. The van der Waals surface area contributed by atoms with Crippen LogP contribution in [0.25, 0.3) is 0 Å². The van der Waals surface area contributed by atoms with Crippen LogP contribution in [-0.2, 0) is 6.42 Å². The van der Waals surface area contributed by atoms with Crippen LogP contribution in [0.1, 0.15) is 43.0 Å². The van der Waals surface area contributed by atoms with Crippen molar-refractivity contribution in [1.82, 2.24) is 14.5 Å². The first-order chi connectivity index (χ1) is 10.7. The van der Waals surface area contributed by atoms with Crippen LogP contribution in [0.3, 0.4) is 0 Å². The van der Waals surface area contributed by atoms with E-state index >= 15 is 0 Å². The van der Waals surface area contributed by atoms with E-state index < -0.39 is 0 Å². The van der Waals surface area contributed by atoms with Crippen LogP contribution < -0.4 is 0 Å². The van der Waals surface area contributed by atoms with Crippen LogP contribution in [0, 0.1) is 0 Å². The monoisotopic (exact) mass is 296 g/mol. The second-order valence-electron chi connectivity index (χ2n) is 6.23. The molecule has 116 valence electrons. The molecule has 0 atom stereocenters. The first-order valence-corrected chi connectivity index (χ1v) is 8.04. The molecule has 0 N–H and O–H groups in total. The summed E-state index contributed by atoms with van der Waals surface area (Å²) in [5.74, 6) is 1.02. The molecule has 1 saturated carbocycles. The van der Waals surface area contributed by atoms with Crippen LogP contribution in [0.5, 0.6) is 0 Å². The zero-order chi connectivity index (χ0) is 15.4. The van der Waals surface area contributed by atoms with E-state index in [1.807, 2.05) is 37.7 Å². The van der Waals surface area contributed by atoms with Gasteiger partial charge in [-0.2, -0.15) is 0 Å². The number of benzene rings is 1. The third-order valence-electron chi connectivity index (χ3n) is 4.18. The quantitative estimate of drug-likeness (QED) is 0.621. The molecule has 1 fully saturated rings. The third-order valence-corrected chi connectivity index (χ3v) is 4.18. The number of hydrogen-bond acceptors (Lipinski definition) is 2. The summed E-state index contributed by atoms with van der Waals surface area (Å²) < 4.78 is 2.28. The van der Waals surface area contributed by atoms with E-state index in [4.69, 9.17) is 4.99 Å². The summed E-state index contributed by atoms with van der Waals surface area (Å²) in [7, 11) is 3.99. The van der Waals surface area contributed by atoms with Crippen molar-refractivity contribution < 1.29 is 0 Å². The van der Waals surface area contributed by atoms with Crippen molar-refractivity contribution in [2.45, 2.75) is 38.1 Å². The van der Waals surface area contributed by atoms with Crippen LogP contribution in [0.2, 0.25) is 0 Å².